The van der Waals surface area contributed by atoms with E-state index in [0.717, 1.165) is 24.3 Å². The molecule has 152 valence electrons. The highest BCUT2D eigenvalue weighted by molar-refractivity contribution is 5.89. The van der Waals surface area contributed by atoms with E-state index in [9.17, 15) is 9.59 Å². The molecule has 1 N–H and O–H groups in total. The van der Waals surface area contributed by atoms with Gasteiger partial charge in [0.1, 0.15) is 6.61 Å². The molecule has 7 nitrogen and oxygen atoms in total. The largest absolute Gasteiger partial charge is 0.448 e. The van der Waals surface area contributed by atoms with Crippen LogP contribution in [0.2, 0.25) is 0 Å². The number of aryl methyl sites for hydroxylation is 1. The molecular formula is C22H26N4O3. The van der Waals surface area contributed by atoms with Crippen molar-refractivity contribution in [3.63, 3.8) is 0 Å². The van der Waals surface area contributed by atoms with E-state index in [4.69, 9.17) is 4.74 Å². The molecule has 3 amide bonds. The number of amides is 3. The van der Waals surface area contributed by atoms with Gasteiger partial charge in [-0.15, -0.1) is 0 Å². The third-order valence-corrected chi connectivity index (χ3v) is 5.33. The second-order valence-corrected chi connectivity index (χ2v) is 7.48. The first-order valence-corrected chi connectivity index (χ1v) is 9.97. The average molecular weight is 394 g/mol. The predicted octanol–water partition coefficient (Wildman–Crippen LogP) is 3.30. The number of carbonyl (C=O) groups excluding carboxylic acids is 2. The molecule has 0 aromatic heterocycles. The molecule has 0 unspecified atom stereocenters. The van der Waals surface area contributed by atoms with Gasteiger partial charge in [0.25, 0.3) is 0 Å². The lowest BCUT2D eigenvalue weighted by Gasteiger charge is -2.36. The molecule has 2 aromatic rings. The summed E-state index contributed by atoms with van der Waals surface area (Å²) in [6.45, 7) is 6.59. The molecule has 2 heterocycles. The Kier molecular flexibility index (Phi) is 5.55. The molecule has 2 saturated heterocycles. The highest BCUT2D eigenvalue weighted by Crippen LogP contribution is 2.19. The van der Waals surface area contributed by atoms with Crippen molar-refractivity contribution < 1.29 is 14.3 Å². The lowest BCUT2D eigenvalue weighted by Crippen LogP contribution is -2.50. The van der Waals surface area contributed by atoms with Crippen molar-refractivity contribution in [2.24, 2.45) is 0 Å². The van der Waals surface area contributed by atoms with Gasteiger partial charge < -0.3 is 24.8 Å². The fraction of sp³-hybridized carbons (Fsp3) is 0.364. The second-order valence-electron chi connectivity index (χ2n) is 7.48. The van der Waals surface area contributed by atoms with Crippen molar-refractivity contribution in [2.75, 3.05) is 49.5 Å². The summed E-state index contributed by atoms with van der Waals surface area (Å²) in [6, 6.07) is 16.0. The Bertz CT molecular complexity index is 893. The third kappa shape index (κ3) is 4.62. The fourth-order valence-electron chi connectivity index (χ4n) is 3.73. The minimum absolute atomic E-state index is 0.0911. The lowest BCUT2D eigenvalue weighted by atomic mass is 10.2. The highest BCUT2D eigenvalue weighted by Gasteiger charge is 2.23. The zero-order valence-electron chi connectivity index (χ0n) is 16.6. The number of rotatable bonds is 4. The van der Waals surface area contributed by atoms with Crippen molar-refractivity contribution in [2.45, 2.75) is 13.5 Å². The van der Waals surface area contributed by atoms with Gasteiger partial charge in [-0.05, 0) is 42.3 Å². The van der Waals surface area contributed by atoms with Gasteiger partial charge in [0, 0.05) is 44.1 Å². The van der Waals surface area contributed by atoms with E-state index in [1.54, 1.807) is 4.90 Å². The normalized spacial score (nSPS) is 16.7. The maximum absolute atomic E-state index is 12.7. The van der Waals surface area contributed by atoms with Gasteiger partial charge in [-0.1, -0.05) is 24.3 Å². The summed E-state index contributed by atoms with van der Waals surface area (Å²) in [5.74, 6) is 0. The SMILES string of the molecule is Cc1cccc(N2CCN(C(=O)Nc3cccc(CN4CCOC4=O)c3)CC2)c1. The number of benzene rings is 2. The molecule has 2 aromatic carbocycles. The van der Waals surface area contributed by atoms with E-state index in [1.807, 2.05) is 29.2 Å². The van der Waals surface area contributed by atoms with Crippen molar-refractivity contribution >= 4 is 23.5 Å². The summed E-state index contributed by atoms with van der Waals surface area (Å²) in [5, 5.41) is 2.99. The van der Waals surface area contributed by atoms with Gasteiger partial charge in [0.15, 0.2) is 0 Å². The molecule has 0 atom stereocenters. The van der Waals surface area contributed by atoms with Crippen LogP contribution in [0.15, 0.2) is 48.5 Å². The Morgan fingerprint density at radius 1 is 1.03 bits per heavy atom. The minimum Gasteiger partial charge on any atom is -0.448 e. The van der Waals surface area contributed by atoms with Crippen molar-refractivity contribution in [3.8, 4) is 0 Å². The number of hydrogen-bond donors (Lipinski definition) is 1. The predicted molar refractivity (Wildman–Crippen MR) is 112 cm³/mol. The van der Waals surface area contributed by atoms with Crippen LogP contribution < -0.4 is 10.2 Å². The van der Waals surface area contributed by atoms with Crippen molar-refractivity contribution in [3.05, 3.63) is 59.7 Å². The molecule has 2 fully saturated rings. The summed E-state index contributed by atoms with van der Waals surface area (Å²) in [5.41, 5.74) is 4.15. The number of nitrogens with one attached hydrogen (secondary N) is 1. The van der Waals surface area contributed by atoms with Gasteiger partial charge in [0.2, 0.25) is 0 Å². The molecular weight excluding hydrogens is 368 g/mol. The van der Waals surface area contributed by atoms with Gasteiger partial charge >= 0.3 is 12.1 Å². The lowest BCUT2D eigenvalue weighted by molar-refractivity contribution is 0.157. The van der Waals surface area contributed by atoms with E-state index < -0.39 is 0 Å². The molecule has 0 spiro atoms. The van der Waals surface area contributed by atoms with Crippen LogP contribution in [0.3, 0.4) is 0 Å². The Hall–Kier alpha value is -3.22. The van der Waals surface area contributed by atoms with Crippen LogP contribution in [0, 0.1) is 6.92 Å². The van der Waals surface area contributed by atoms with E-state index >= 15 is 0 Å². The smallest absolute Gasteiger partial charge is 0.410 e. The Balaban J connectivity index is 1.32. The van der Waals surface area contributed by atoms with Crippen LogP contribution in [-0.2, 0) is 11.3 Å². The third-order valence-electron chi connectivity index (χ3n) is 5.33. The first-order chi connectivity index (χ1) is 14.1. The quantitative estimate of drug-likeness (QED) is 0.864. The molecule has 4 rings (SSSR count). The zero-order chi connectivity index (χ0) is 20.2. The van der Waals surface area contributed by atoms with Crippen LogP contribution in [0.4, 0.5) is 21.0 Å². The van der Waals surface area contributed by atoms with Gasteiger partial charge in [-0.2, -0.15) is 0 Å². The van der Waals surface area contributed by atoms with Crippen LogP contribution in [0.5, 0.6) is 0 Å². The Morgan fingerprint density at radius 3 is 2.55 bits per heavy atom. The van der Waals surface area contributed by atoms with Crippen LogP contribution in [-0.4, -0.2) is 61.3 Å². The number of carbonyl (C=O) groups is 2. The number of hydrogen-bond acceptors (Lipinski definition) is 4. The number of ether oxygens (including phenoxy) is 1. The summed E-state index contributed by atoms with van der Waals surface area (Å²) in [6.07, 6.45) is -0.286. The molecule has 2 aliphatic rings. The maximum Gasteiger partial charge on any atom is 0.410 e. The summed E-state index contributed by atoms with van der Waals surface area (Å²) in [7, 11) is 0. The topological polar surface area (TPSA) is 65.1 Å². The maximum atomic E-state index is 12.7. The Morgan fingerprint density at radius 2 is 1.83 bits per heavy atom. The highest BCUT2D eigenvalue weighted by atomic mass is 16.6. The molecule has 0 aliphatic carbocycles. The number of anilines is 2. The Labute approximate surface area is 170 Å². The minimum atomic E-state index is -0.286. The average Bonchev–Trinajstić information content (AvgIpc) is 3.13. The first kappa shape index (κ1) is 19.1. The van der Waals surface area contributed by atoms with Crippen LogP contribution in [0.1, 0.15) is 11.1 Å². The molecule has 7 heteroatoms. The number of nitrogens with zero attached hydrogens (tertiary/aromatic N) is 3. The number of urea groups is 1. The molecule has 2 aliphatic heterocycles. The zero-order valence-corrected chi connectivity index (χ0v) is 16.6. The van der Waals surface area contributed by atoms with E-state index in [2.05, 4.69) is 41.4 Å². The fourth-order valence-corrected chi connectivity index (χ4v) is 3.73. The van der Waals surface area contributed by atoms with E-state index in [-0.39, 0.29) is 12.1 Å². The van der Waals surface area contributed by atoms with Crippen LogP contribution >= 0.6 is 0 Å². The monoisotopic (exact) mass is 394 g/mol. The van der Waals surface area contributed by atoms with Gasteiger partial charge in [-0.3, -0.25) is 0 Å². The number of piperazine rings is 1. The standard InChI is InChI=1S/C22H26N4O3/c1-17-4-2-7-20(14-17)24-8-10-25(11-9-24)21(27)23-19-6-3-5-18(15-19)16-26-12-13-29-22(26)28/h2-7,14-15H,8-13,16H2,1H3,(H,23,27). The molecule has 0 radical (unpaired) electrons. The molecule has 0 saturated carbocycles. The summed E-state index contributed by atoms with van der Waals surface area (Å²) in [4.78, 5) is 30.1. The molecule has 29 heavy (non-hydrogen) atoms. The second kappa shape index (κ2) is 8.43. The van der Waals surface area contributed by atoms with E-state index in [1.165, 1.54) is 11.3 Å². The first-order valence-electron chi connectivity index (χ1n) is 9.97. The summed E-state index contributed by atoms with van der Waals surface area (Å²) < 4.78 is 4.97. The van der Waals surface area contributed by atoms with E-state index in [0.29, 0.717) is 32.8 Å². The van der Waals surface area contributed by atoms with Crippen molar-refractivity contribution in [1.82, 2.24) is 9.80 Å². The van der Waals surface area contributed by atoms with Crippen molar-refractivity contribution in [1.29, 1.82) is 0 Å². The summed E-state index contributed by atoms with van der Waals surface area (Å²) >= 11 is 0. The van der Waals surface area contributed by atoms with Gasteiger partial charge in [0.05, 0.1) is 6.54 Å². The number of cyclic esters (lactones) is 1. The molecule has 0 bridgehead atoms. The van der Waals surface area contributed by atoms with Gasteiger partial charge in [-0.25, -0.2) is 9.59 Å². The van der Waals surface area contributed by atoms with Crippen LogP contribution in [0.25, 0.3) is 0 Å².